The Labute approximate surface area is 105 Å². The largest absolute Gasteiger partial charge is 0.368 e. The van der Waals surface area contributed by atoms with E-state index in [-0.39, 0.29) is 12.1 Å². The second kappa shape index (κ2) is 4.57. The molecular formula is C10H10N4O3S. The summed E-state index contributed by atoms with van der Waals surface area (Å²) in [6.07, 6.45) is 1.28. The van der Waals surface area contributed by atoms with E-state index >= 15 is 0 Å². The first-order chi connectivity index (χ1) is 8.50. The van der Waals surface area contributed by atoms with Crippen molar-refractivity contribution in [2.45, 2.75) is 6.92 Å². The zero-order chi connectivity index (χ0) is 13.3. The van der Waals surface area contributed by atoms with Crippen LogP contribution in [-0.2, 0) is 4.79 Å². The van der Waals surface area contributed by atoms with Gasteiger partial charge in [-0.3, -0.25) is 14.4 Å². The fraction of sp³-hybridized carbons (Fsp3) is 0.200. The zero-order valence-corrected chi connectivity index (χ0v) is 10.3. The molecule has 2 aromatic rings. The highest BCUT2D eigenvalue weighted by atomic mass is 32.1. The lowest BCUT2D eigenvalue weighted by Gasteiger charge is -2.00. The quantitative estimate of drug-likeness (QED) is 0.694. The SMILES string of the molecule is Cc1c(C(=O)NCC(N)=O)sc2nc[nH]c(=O)c12. The maximum Gasteiger partial charge on any atom is 0.262 e. The molecule has 0 atom stereocenters. The Morgan fingerprint density at radius 1 is 1.56 bits per heavy atom. The van der Waals surface area contributed by atoms with E-state index in [4.69, 9.17) is 5.73 Å². The first kappa shape index (κ1) is 12.2. The molecule has 0 fully saturated rings. The molecule has 2 heterocycles. The Morgan fingerprint density at radius 2 is 2.28 bits per heavy atom. The van der Waals surface area contributed by atoms with Gasteiger partial charge in [0, 0.05) is 0 Å². The van der Waals surface area contributed by atoms with Gasteiger partial charge in [0.25, 0.3) is 11.5 Å². The number of hydrogen-bond donors (Lipinski definition) is 3. The summed E-state index contributed by atoms with van der Waals surface area (Å²) in [6, 6.07) is 0. The van der Waals surface area contributed by atoms with Gasteiger partial charge in [0.2, 0.25) is 5.91 Å². The summed E-state index contributed by atoms with van der Waals surface area (Å²) in [5, 5.41) is 2.77. The highest BCUT2D eigenvalue weighted by Gasteiger charge is 2.18. The van der Waals surface area contributed by atoms with Gasteiger partial charge in [-0.05, 0) is 12.5 Å². The predicted molar refractivity (Wildman–Crippen MR) is 66.5 cm³/mol. The van der Waals surface area contributed by atoms with Gasteiger partial charge >= 0.3 is 0 Å². The monoisotopic (exact) mass is 266 g/mol. The Morgan fingerprint density at radius 3 is 2.89 bits per heavy atom. The molecule has 2 aromatic heterocycles. The fourth-order valence-electron chi connectivity index (χ4n) is 1.54. The molecule has 0 saturated heterocycles. The second-order valence-electron chi connectivity index (χ2n) is 3.62. The molecule has 0 aromatic carbocycles. The molecule has 0 unspecified atom stereocenters. The molecule has 94 valence electrons. The minimum atomic E-state index is -0.627. The van der Waals surface area contributed by atoms with Crippen LogP contribution in [0.1, 0.15) is 15.2 Å². The lowest BCUT2D eigenvalue weighted by Crippen LogP contribution is -2.33. The molecule has 0 aliphatic heterocycles. The summed E-state index contributed by atoms with van der Waals surface area (Å²) in [4.78, 5) is 41.3. The fourth-order valence-corrected chi connectivity index (χ4v) is 2.61. The lowest BCUT2D eigenvalue weighted by molar-refractivity contribution is -0.117. The highest BCUT2D eigenvalue weighted by molar-refractivity contribution is 7.20. The van der Waals surface area contributed by atoms with E-state index in [9.17, 15) is 14.4 Å². The third-order valence-electron chi connectivity index (χ3n) is 2.36. The number of carbonyl (C=O) groups excluding carboxylic acids is 2. The van der Waals surface area contributed by atoms with Crippen molar-refractivity contribution >= 4 is 33.4 Å². The Balaban J connectivity index is 2.43. The Kier molecular flexibility index (Phi) is 3.11. The number of rotatable bonds is 3. The average Bonchev–Trinajstić information content (AvgIpc) is 2.65. The number of thiophene rings is 1. The van der Waals surface area contributed by atoms with E-state index in [1.165, 1.54) is 6.33 Å². The summed E-state index contributed by atoms with van der Waals surface area (Å²) >= 11 is 1.10. The van der Waals surface area contributed by atoms with E-state index in [2.05, 4.69) is 15.3 Å². The van der Waals surface area contributed by atoms with Gasteiger partial charge in [-0.15, -0.1) is 11.3 Å². The number of aromatic nitrogens is 2. The van der Waals surface area contributed by atoms with Crippen LogP contribution in [0.5, 0.6) is 0 Å². The summed E-state index contributed by atoms with van der Waals surface area (Å²) in [5.41, 5.74) is 5.20. The number of hydrogen-bond acceptors (Lipinski definition) is 5. The van der Waals surface area contributed by atoms with Crippen molar-refractivity contribution in [3.63, 3.8) is 0 Å². The number of nitrogens with two attached hydrogens (primary N) is 1. The predicted octanol–water partition coefficient (Wildman–Crippen LogP) is -0.492. The van der Waals surface area contributed by atoms with Crippen LogP contribution in [0.3, 0.4) is 0 Å². The van der Waals surface area contributed by atoms with Crippen LogP contribution in [0.15, 0.2) is 11.1 Å². The van der Waals surface area contributed by atoms with E-state index in [1.54, 1.807) is 6.92 Å². The van der Waals surface area contributed by atoms with E-state index in [0.29, 0.717) is 20.7 Å². The number of aryl methyl sites for hydroxylation is 1. The van der Waals surface area contributed by atoms with Gasteiger partial charge in [-0.1, -0.05) is 0 Å². The van der Waals surface area contributed by atoms with Gasteiger partial charge in [0.05, 0.1) is 23.1 Å². The number of fused-ring (bicyclic) bond motifs is 1. The molecule has 0 saturated carbocycles. The van der Waals surface area contributed by atoms with Crippen molar-refractivity contribution in [1.29, 1.82) is 0 Å². The zero-order valence-electron chi connectivity index (χ0n) is 9.44. The van der Waals surface area contributed by atoms with E-state index < -0.39 is 11.8 Å². The van der Waals surface area contributed by atoms with Crippen LogP contribution in [0.25, 0.3) is 10.2 Å². The van der Waals surface area contributed by atoms with Crippen LogP contribution in [-0.4, -0.2) is 28.3 Å². The molecule has 0 aliphatic carbocycles. The van der Waals surface area contributed by atoms with Crippen molar-refractivity contribution in [3.05, 3.63) is 27.1 Å². The second-order valence-corrected chi connectivity index (χ2v) is 4.62. The third kappa shape index (κ3) is 2.09. The third-order valence-corrected chi connectivity index (χ3v) is 3.56. The van der Waals surface area contributed by atoms with Crippen molar-refractivity contribution in [2.24, 2.45) is 5.73 Å². The minimum Gasteiger partial charge on any atom is -0.368 e. The Bertz CT molecular complexity index is 688. The average molecular weight is 266 g/mol. The van der Waals surface area contributed by atoms with Crippen molar-refractivity contribution in [3.8, 4) is 0 Å². The van der Waals surface area contributed by atoms with Gasteiger partial charge in [-0.2, -0.15) is 0 Å². The molecule has 8 heteroatoms. The maximum absolute atomic E-state index is 11.8. The molecule has 2 amide bonds. The molecule has 18 heavy (non-hydrogen) atoms. The van der Waals surface area contributed by atoms with E-state index in [0.717, 1.165) is 11.3 Å². The van der Waals surface area contributed by atoms with Crippen molar-refractivity contribution < 1.29 is 9.59 Å². The normalized spacial score (nSPS) is 10.5. The lowest BCUT2D eigenvalue weighted by atomic mass is 10.2. The van der Waals surface area contributed by atoms with Gasteiger partial charge in [0.15, 0.2) is 0 Å². The highest BCUT2D eigenvalue weighted by Crippen LogP contribution is 2.26. The topological polar surface area (TPSA) is 118 Å². The van der Waals surface area contributed by atoms with Gasteiger partial charge in [0.1, 0.15) is 4.83 Å². The van der Waals surface area contributed by atoms with E-state index in [1.807, 2.05) is 0 Å². The van der Waals surface area contributed by atoms with Crippen LogP contribution in [0.4, 0.5) is 0 Å². The van der Waals surface area contributed by atoms with Crippen molar-refractivity contribution in [2.75, 3.05) is 6.54 Å². The van der Waals surface area contributed by atoms with Gasteiger partial charge < -0.3 is 16.0 Å². The molecule has 0 spiro atoms. The number of H-pyrrole nitrogens is 1. The number of nitrogens with zero attached hydrogens (tertiary/aromatic N) is 1. The van der Waals surface area contributed by atoms with Crippen LogP contribution < -0.4 is 16.6 Å². The molecule has 0 aliphatic rings. The van der Waals surface area contributed by atoms with Crippen molar-refractivity contribution in [1.82, 2.24) is 15.3 Å². The van der Waals surface area contributed by atoms with Crippen LogP contribution in [0, 0.1) is 6.92 Å². The summed E-state index contributed by atoms with van der Waals surface area (Å²) in [5.74, 6) is -1.06. The standard InChI is InChI=1S/C10H10N4O3S/c1-4-6-8(16)13-3-14-10(6)18-7(4)9(17)12-2-5(11)15/h3H,2H2,1H3,(H2,11,15)(H,12,17)(H,13,14,16). The number of aromatic amines is 1. The van der Waals surface area contributed by atoms with Crippen LogP contribution in [0.2, 0.25) is 0 Å². The maximum atomic E-state index is 11.8. The number of carbonyl (C=O) groups is 2. The smallest absolute Gasteiger partial charge is 0.262 e. The Hall–Kier alpha value is -2.22. The number of nitrogens with one attached hydrogen (secondary N) is 2. The minimum absolute atomic E-state index is 0.240. The summed E-state index contributed by atoms with van der Waals surface area (Å²) < 4.78 is 0. The van der Waals surface area contributed by atoms with Crippen LogP contribution >= 0.6 is 11.3 Å². The molecule has 2 rings (SSSR count). The molecule has 0 bridgehead atoms. The summed E-state index contributed by atoms with van der Waals surface area (Å²) in [7, 11) is 0. The molecule has 0 radical (unpaired) electrons. The first-order valence-electron chi connectivity index (χ1n) is 5.04. The summed E-state index contributed by atoms with van der Waals surface area (Å²) in [6.45, 7) is 1.42. The molecule has 4 N–H and O–H groups in total. The molecule has 7 nitrogen and oxygen atoms in total. The number of primary amides is 1. The molecular weight excluding hydrogens is 256 g/mol. The van der Waals surface area contributed by atoms with Gasteiger partial charge in [-0.25, -0.2) is 4.98 Å². The number of amides is 2. The first-order valence-corrected chi connectivity index (χ1v) is 5.85.